The Kier molecular flexibility index (Phi) is 5.23. The summed E-state index contributed by atoms with van der Waals surface area (Å²) < 4.78 is 5.31. The molecule has 0 spiro atoms. The highest BCUT2D eigenvalue weighted by molar-refractivity contribution is 5.93. The average molecular weight is 320 g/mol. The lowest BCUT2D eigenvalue weighted by molar-refractivity contribution is -0.136. The molecule has 0 radical (unpaired) electrons. The molecule has 0 aromatic heterocycles. The Morgan fingerprint density at radius 1 is 1.09 bits per heavy atom. The van der Waals surface area contributed by atoms with E-state index in [2.05, 4.69) is 4.90 Å². The molecule has 5 heteroatoms. The van der Waals surface area contributed by atoms with E-state index in [1.165, 1.54) is 6.42 Å². The summed E-state index contributed by atoms with van der Waals surface area (Å²) in [4.78, 5) is 28.8. The van der Waals surface area contributed by atoms with E-state index in [0.717, 1.165) is 63.6 Å². The molecule has 2 aliphatic heterocycles. The van der Waals surface area contributed by atoms with Gasteiger partial charge < -0.3 is 14.5 Å². The number of rotatable bonds is 3. The van der Waals surface area contributed by atoms with Crippen LogP contribution in [0.25, 0.3) is 0 Å². The van der Waals surface area contributed by atoms with E-state index in [-0.39, 0.29) is 11.8 Å². The van der Waals surface area contributed by atoms with Crippen molar-refractivity contribution in [2.24, 2.45) is 0 Å². The van der Waals surface area contributed by atoms with Gasteiger partial charge in [-0.25, -0.2) is 0 Å². The summed E-state index contributed by atoms with van der Waals surface area (Å²) in [6, 6.07) is 0.737. The topological polar surface area (TPSA) is 49.9 Å². The van der Waals surface area contributed by atoms with Crippen molar-refractivity contribution in [2.45, 2.75) is 70.4 Å². The second kappa shape index (κ2) is 7.37. The Morgan fingerprint density at radius 2 is 1.83 bits per heavy atom. The summed E-state index contributed by atoms with van der Waals surface area (Å²) in [5, 5.41) is 0. The smallest absolute Gasteiger partial charge is 0.252 e. The van der Waals surface area contributed by atoms with E-state index in [0.29, 0.717) is 18.7 Å². The first-order chi connectivity index (χ1) is 11.2. The number of nitrogens with zero attached hydrogens (tertiary/aromatic N) is 2. The molecule has 3 rings (SSSR count). The van der Waals surface area contributed by atoms with Crippen LogP contribution in [0.4, 0.5) is 0 Å². The van der Waals surface area contributed by atoms with Crippen molar-refractivity contribution in [3.8, 4) is 0 Å². The molecule has 2 amide bonds. The molecule has 1 aliphatic carbocycles. The summed E-state index contributed by atoms with van der Waals surface area (Å²) in [6.45, 7) is 3.95. The third-order valence-corrected chi connectivity index (χ3v) is 5.42. The van der Waals surface area contributed by atoms with Gasteiger partial charge in [0.2, 0.25) is 5.91 Å². The van der Waals surface area contributed by atoms with Gasteiger partial charge in [-0.3, -0.25) is 9.59 Å². The van der Waals surface area contributed by atoms with Crippen molar-refractivity contribution in [2.75, 3.05) is 19.7 Å². The fourth-order valence-corrected chi connectivity index (χ4v) is 3.96. The molecule has 0 aromatic carbocycles. The molecule has 1 saturated heterocycles. The van der Waals surface area contributed by atoms with Gasteiger partial charge in [-0.2, -0.15) is 0 Å². The normalized spacial score (nSPS) is 25.7. The maximum Gasteiger partial charge on any atom is 0.252 e. The van der Waals surface area contributed by atoms with Gasteiger partial charge in [0.15, 0.2) is 0 Å². The van der Waals surface area contributed by atoms with Gasteiger partial charge in [-0.05, 0) is 51.4 Å². The number of likely N-dealkylation sites (tertiary alicyclic amines) is 1. The summed E-state index contributed by atoms with van der Waals surface area (Å²) in [7, 11) is 0. The van der Waals surface area contributed by atoms with Crippen LogP contribution in [0.2, 0.25) is 0 Å². The monoisotopic (exact) mass is 320 g/mol. The molecule has 2 fully saturated rings. The molecule has 0 N–H and O–H groups in total. The lowest BCUT2D eigenvalue weighted by atomic mass is 9.89. The van der Waals surface area contributed by atoms with Crippen LogP contribution >= 0.6 is 0 Å². The van der Waals surface area contributed by atoms with Gasteiger partial charge >= 0.3 is 0 Å². The van der Waals surface area contributed by atoms with Crippen LogP contribution in [-0.2, 0) is 14.3 Å². The van der Waals surface area contributed by atoms with Crippen molar-refractivity contribution < 1.29 is 14.3 Å². The summed E-state index contributed by atoms with van der Waals surface area (Å²) in [6.07, 6.45) is 9.79. The minimum atomic E-state index is 0.128. The zero-order chi connectivity index (χ0) is 16.2. The molecule has 0 unspecified atom stereocenters. The standard InChI is InChI=1S/C18H28N2O3/c1-14(21)20(16-6-2-7-16)17-8-3-10-19(11-9-17)18(22)15-5-4-12-23-13-15/h13,16-17H,2-12H2,1H3/t17-/m0/s1. The molecule has 1 saturated carbocycles. The number of hydrogen-bond acceptors (Lipinski definition) is 3. The lowest BCUT2D eigenvalue weighted by Gasteiger charge is -2.42. The highest BCUT2D eigenvalue weighted by Gasteiger charge is 2.34. The molecule has 1 atom stereocenters. The van der Waals surface area contributed by atoms with Crippen molar-refractivity contribution >= 4 is 11.8 Å². The maximum absolute atomic E-state index is 12.6. The SMILES string of the molecule is CC(=O)N(C1CCC1)[C@H]1CCCN(C(=O)C2=COCCC2)CC1. The number of amides is 2. The van der Waals surface area contributed by atoms with E-state index in [4.69, 9.17) is 4.74 Å². The van der Waals surface area contributed by atoms with Crippen molar-refractivity contribution in [1.29, 1.82) is 0 Å². The Morgan fingerprint density at radius 3 is 2.43 bits per heavy atom. The highest BCUT2D eigenvalue weighted by Crippen LogP contribution is 2.30. The van der Waals surface area contributed by atoms with Crippen molar-refractivity contribution in [1.82, 2.24) is 9.80 Å². The first kappa shape index (κ1) is 16.3. The second-order valence-corrected chi connectivity index (χ2v) is 7.01. The molecule has 23 heavy (non-hydrogen) atoms. The number of hydrogen-bond donors (Lipinski definition) is 0. The van der Waals surface area contributed by atoms with E-state index < -0.39 is 0 Å². The maximum atomic E-state index is 12.6. The van der Waals surface area contributed by atoms with Crippen LogP contribution in [0.15, 0.2) is 11.8 Å². The van der Waals surface area contributed by atoms with Crippen LogP contribution in [-0.4, -0.2) is 53.4 Å². The molecule has 128 valence electrons. The van der Waals surface area contributed by atoms with Crippen LogP contribution < -0.4 is 0 Å². The molecule has 0 aromatic rings. The van der Waals surface area contributed by atoms with Crippen molar-refractivity contribution in [3.05, 3.63) is 11.8 Å². The van der Waals surface area contributed by atoms with Gasteiger partial charge in [0, 0.05) is 32.1 Å². The number of ether oxygens (including phenoxy) is 1. The predicted molar refractivity (Wildman–Crippen MR) is 87.6 cm³/mol. The lowest BCUT2D eigenvalue weighted by Crippen LogP contribution is -2.49. The summed E-state index contributed by atoms with van der Waals surface area (Å²) in [5.41, 5.74) is 0.803. The molecule has 3 aliphatic rings. The Labute approximate surface area is 138 Å². The molecule has 2 heterocycles. The third-order valence-electron chi connectivity index (χ3n) is 5.42. The zero-order valence-corrected chi connectivity index (χ0v) is 14.1. The molecule has 5 nitrogen and oxygen atoms in total. The highest BCUT2D eigenvalue weighted by atomic mass is 16.5. The Hall–Kier alpha value is -1.52. The average Bonchev–Trinajstić information content (AvgIpc) is 2.76. The number of carbonyl (C=O) groups excluding carboxylic acids is 2. The Bertz CT molecular complexity index is 485. The zero-order valence-electron chi connectivity index (χ0n) is 14.1. The third kappa shape index (κ3) is 3.70. The van der Waals surface area contributed by atoms with E-state index in [9.17, 15) is 9.59 Å². The fourth-order valence-electron chi connectivity index (χ4n) is 3.96. The van der Waals surface area contributed by atoms with E-state index in [1.807, 2.05) is 4.90 Å². The largest absolute Gasteiger partial charge is 0.501 e. The quantitative estimate of drug-likeness (QED) is 0.802. The molecule has 0 bridgehead atoms. The predicted octanol–water partition coefficient (Wildman–Crippen LogP) is 2.46. The van der Waals surface area contributed by atoms with Crippen LogP contribution in [0.3, 0.4) is 0 Å². The van der Waals surface area contributed by atoms with Crippen LogP contribution in [0.5, 0.6) is 0 Å². The Balaban J connectivity index is 1.61. The van der Waals surface area contributed by atoms with E-state index >= 15 is 0 Å². The van der Waals surface area contributed by atoms with Gasteiger partial charge in [0.05, 0.1) is 18.4 Å². The summed E-state index contributed by atoms with van der Waals surface area (Å²) in [5.74, 6) is 0.325. The first-order valence-corrected chi connectivity index (χ1v) is 9.05. The minimum absolute atomic E-state index is 0.128. The van der Waals surface area contributed by atoms with Gasteiger partial charge in [0.25, 0.3) is 5.91 Å². The molecular formula is C18H28N2O3. The van der Waals surface area contributed by atoms with Crippen LogP contribution in [0, 0.1) is 0 Å². The van der Waals surface area contributed by atoms with Crippen LogP contribution in [0.1, 0.15) is 58.3 Å². The van der Waals surface area contributed by atoms with Gasteiger partial charge in [-0.1, -0.05) is 0 Å². The fraction of sp³-hybridized carbons (Fsp3) is 0.778. The molecular weight excluding hydrogens is 292 g/mol. The van der Waals surface area contributed by atoms with Gasteiger partial charge in [-0.15, -0.1) is 0 Å². The van der Waals surface area contributed by atoms with E-state index in [1.54, 1.807) is 13.2 Å². The minimum Gasteiger partial charge on any atom is -0.501 e. The first-order valence-electron chi connectivity index (χ1n) is 9.05. The van der Waals surface area contributed by atoms with Crippen molar-refractivity contribution in [3.63, 3.8) is 0 Å². The second-order valence-electron chi connectivity index (χ2n) is 7.01. The number of carbonyl (C=O) groups is 2. The summed E-state index contributed by atoms with van der Waals surface area (Å²) >= 11 is 0. The van der Waals surface area contributed by atoms with Gasteiger partial charge in [0.1, 0.15) is 0 Å².